The van der Waals surface area contributed by atoms with E-state index in [0.717, 1.165) is 24.6 Å². The van der Waals surface area contributed by atoms with Crippen molar-refractivity contribution in [1.29, 1.82) is 0 Å². The van der Waals surface area contributed by atoms with E-state index in [1.54, 1.807) is 6.33 Å². The first-order valence-corrected chi connectivity index (χ1v) is 7.12. The first kappa shape index (κ1) is 14.2. The summed E-state index contributed by atoms with van der Waals surface area (Å²) < 4.78 is 0. The van der Waals surface area contributed by atoms with E-state index in [9.17, 15) is 0 Å². The smallest absolute Gasteiger partial charge is 0.129 e. The predicted molar refractivity (Wildman–Crippen MR) is 78.5 cm³/mol. The summed E-state index contributed by atoms with van der Waals surface area (Å²) in [6.07, 6.45) is 1.65. The van der Waals surface area contributed by atoms with Crippen molar-refractivity contribution >= 4 is 5.82 Å². The van der Waals surface area contributed by atoms with Crippen molar-refractivity contribution in [2.45, 2.75) is 19.8 Å². The van der Waals surface area contributed by atoms with E-state index in [4.69, 9.17) is 0 Å². The third-order valence-electron chi connectivity index (χ3n) is 3.61. The minimum absolute atomic E-state index is 0.446. The van der Waals surface area contributed by atoms with Gasteiger partial charge in [-0.25, -0.2) is 9.97 Å². The Labute approximate surface area is 116 Å². The van der Waals surface area contributed by atoms with Crippen molar-refractivity contribution in [3.05, 3.63) is 18.1 Å². The maximum absolute atomic E-state index is 4.28. The molecule has 1 N–H and O–H groups in total. The summed E-state index contributed by atoms with van der Waals surface area (Å²) in [6, 6.07) is 2.05. The molecule has 1 aliphatic rings. The molecule has 106 valence electrons. The van der Waals surface area contributed by atoms with E-state index in [1.807, 2.05) is 0 Å². The van der Waals surface area contributed by atoms with Crippen molar-refractivity contribution < 1.29 is 0 Å². The van der Waals surface area contributed by atoms with Crippen LogP contribution in [0.5, 0.6) is 0 Å². The third kappa shape index (κ3) is 4.44. The van der Waals surface area contributed by atoms with Gasteiger partial charge in [-0.3, -0.25) is 4.90 Å². The lowest BCUT2D eigenvalue weighted by Crippen LogP contribution is -2.45. The summed E-state index contributed by atoms with van der Waals surface area (Å²) in [5.74, 6) is 1.38. The molecule has 0 atom stereocenters. The molecule has 0 aromatic carbocycles. The van der Waals surface area contributed by atoms with Gasteiger partial charge < -0.3 is 10.2 Å². The van der Waals surface area contributed by atoms with Crippen molar-refractivity contribution in [1.82, 2.24) is 19.8 Å². The molecule has 2 heterocycles. The van der Waals surface area contributed by atoms with Crippen LogP contribution in [0.4, 0.5) is 5.82 Å². The monoisotopic (exact) mass is 263 g/mol. The number of nitrogens with one attached hydrogen (secondary N) is 1. The summed E-state index contributed by atoms with van der Waals surface area (Å²) in [6.45, 7) is 11.0. The van der Waals surface area contributed by atoms with Crippen LogP contribution in [0.2, 0.25) is 0 Å². The van der Waals surface area contributed by atoms with Gasteiger partial charge in [0.05, 0.1) is 0 Å². The fourth-order valence-electron chi connectivity index (χ4n) is 2.20. The van der Waals surface area contributed by atoms with E-state index in [2.05, 4.69) is 52.0 Å². The summed E-state index contributed by atoms with van der Waals surface area (Å²) in [4.78, 5) is 13.4. The van der Waals surface area contributed by atoms with Gasteiger partial charge in [-0.05, 0) is 13.0 Å². The fraction of sp³-hybridized carbons (Fsp3) is 0.714. The minimum Gasteiger partial charge on any atom is -0.369 e. The number of anilines is 1. The highest BCUT2D eigenvalue weighted by molar-refractivity contribution is 5.35. The van der Waals surface area contributed by atoms with Crippen LogP contribution < -0.4 is 5.32 Å². The van der Waals surface area contributed by atoms with Crippen molar-refractivity contribution in [2.75, 3.05) is 51.6 Å². The molecule has 1 aliphatic heterocycles. The Morgan fingerprint density at radius 2 is 1.95 bits per heavy atom. The summed E-state index contributed by atoms with van der Waals surface area (Å²) in [5, 5.41) is 3.39. The van der Waals surface area contributed by atoms with Gasteiger partial charge >= 0.3 is 0 Å². The van der Waals surface area contributed by atoms with E-state index in [-0.39, 0.29) is 0 Å². The van der Waals surface area contributed by atoms with Gasteiger partial charge in [-0.2, -0.15) is 0 Å². The average Bonchev–Trinajstić information content (AvgIpc) is 2.41. The largest absolute Gasteiger partial charge is 0.369 e. The van der Waals surface area contributed by atoms with Crippen LogP contribution in [0.25, 0.3) is 0 Å². The number of piperazine rings is 1. The van der Waals surface area contributed by atoms with Crippen LogP contribution in [0.3, 0.4) is 0 Å². The Morgan fingerprint density at radius 1 is 1.21 bits per heavy atom. The SMILES string of the molecule is CC(C)c1cc(NCCN2CCN(C)CC2)ncn1. The Bertz CT molecular complexity index is 385. The van der Waals surface area contributed by atoms with Crippen molar-refractivity contribution in [3.63, 3.8) is 0 Å². The number of rotatable bonds is 5. The van der Waals surface area contributed by atoms with Gasteiger partial charge in [0.25, 0.3) is 0 Å². The molecule has 0 unspecified atom stereocenters. The van der Waals surface area contributed by atoms with Crippen LogP contribution >= 0.6 is 0 Å². The highest BCUT2D eigenvalue weighted by Gasteiger charge is 2.12. The van der Waals surface area contributed by atoms with E-state index < -0.39 is 0 Å². The molecular weight excluding hydrogens is 238 g/mol. The first-order valence-electron chi connectivity index (χ1n) is 7.12. The van der Waals surface area contributed by atoms with E-state index in [1.165, 1.54) is 26.2 Å². The Morgan fingerprint density at radius 3 is 2.63 bits per heavy atom. The standard InChI is InChI=1S/C14H25N5/c1-12(2)13-10-14(17-11-16-13)15-4-5-19-8-6-18(3)7-9-19/h10-12H,4-9H2,1-3H3,(H,15,16,17). The van der Waals surface area contributed by atoms with Crippen LogP contribution in [-0.4, -0.2) is 66.1 Å². The van der Waals surface area contributed by atoms with E-state index >= 15 is 0 Å². The van der Waals surface area contributed by atoms with Gasteiger partial charge in [-0.1, -0.05) is 13.8 Å². The molecule has 0 radical (unpaired) electrons. The van der Waals surface area contributed by atoms with Gasteiger partial charge in [-0.15, -0.1) is 0 Å². The summed E-state index contributed by atoms with van der Waals surface area (Å²) in [7, 11) is 2.18. The fourth-order valence-corrected chi connectivity index (χ4v) is 2.20. The molecule has 1 saturated heterocycles. The number of hydrogen-bond acceptors (Lipinski definition) is 5. The quantitative estimate of drug-likeness (QED) is 0.866. The Hall–Kier alpha value is -1.20. The lowest BCUT2D eigenvalue weighted by molar-refractivity contribution is 0.158. The molecule has 0 bridgehead atoms. The number of aromatic nitrogens is 2. The molecule has 0 saturated carbocycles. The normalized spacial score (nSPS) is 17.9. The van der Waals surface area contributed by atoms with Crippen LogP contribution in [0.1, 0.15) is 25.5 Å². The second-order valence-corrected chi connectivity index (χ2v) is 5.55. The van der Waals surface area contributed by atoms with Gasteiger partial charge in [0.1, 0.15) is 12.1 Å². The highest BCUT2D eigenvalue weighted by Crippen LogP contribution is 2.13. The lowest BCUT2D eigenvalue weighted by Gasteiger charge is -2.32. The maximum atomic E-state index is 4.28. The zero-order valence-corrected chi connectivity index (χ0v) is 12.3. The Balaban J connectivity index is 1.75. The molecule has 0 spiro atoms. The number of nitrogens with zero attached hydrogens (tertiary/aromatic N) is 4. The molecule has 19 heavy (non-hydrogen) atoms. The van der Waals surface area contributed by atoms with Crippen molar-refractivity contribution in [3.8, 4) is 0 Å². The zero-order valence-electron chi connectivity index (χ0n) is 12.3. The van der Waals surface area contributed by atoms with E-state index in [0.29, 0.717) is 5.92 Å². The van der Waals surface area contributed by atoms with Gasteiger partial charge in [0, 0.05) is 51.0 Å². The van der Waals surface area contributed by atoms with Crippen LogP contribution in [-0.2, 0) is 0 Å². The van der Waals surface area contributed by atoms with Gasteiger partial charge in [0.15, 0.2) is 0 Å². The third-order valence-corrected chi connectivity index (χ3v) is 3.61. The molecule has 2 rings (SSSR count). The second-order valence-electron chi connectivity index (χ2n) is 5.55. The lowest BCUT2D eigenvalue weighted by atomic mass is 10.1. The molecule has 1 aromatic rings. The van der Waals surface area contributed by atoms with Crippen molar-refractivity contribution in [2.24, 2.45) is 0 Å². The summed E-state index contributed by atoms with van der Waals surface area (Å²) in [5.41, 5.74) is 1.09. The van der Waals surface area contributed by atoms with Crippen LogP contribution in [0, 0.1) is 0 Å². The molecule has 1 fully saturated rings. The highest BCUT2D eigenvalue weighted by atomic mass is 15.2. The molecule has 5 heteroatoms. The Kier molecular flexibility index (Phi) is 5.10. The van der Waals surface area contributed by atoms with Gasteiger partial charge in [0.2, 0.25) is 0 Å². The number of likely N-dealkylation sites (N-methyl/N-ethyl adjacent to an activating group) is 1. The molecule has 5 nitrogen and oxygen atoms in total. The molecule has 1 aromatic heterocycles. The summed E-state index contributed by atoms with van der Waals surface area (Å²) >= 11 is 0. The number of hydrogen-bond donors (Lipinski definition) is 1. The molecule has 0 amide bonds. The van der Waals surface area contributed by atoms with Crippen LogP contribution in [0.15, 0.2) is 12.4 Å². The first-order chi connectivity index (χ1) is 9.15. The topological polar surface area (TPSA) is 44.3 Å². The average molecular weight is 263 g/mol. The molecule has 0 aliphatic carbocycles. The zero-order chi connectivity index (χ0) is 13.7. The minimum atomic E-state index is 0.446. The molecular formula is C14H25N5. The predicted octanol–water partition coefficient (Wildman–Crippen LogP) is 1.26. The second kappa shape index (κ2) is 6.82. The maximum Gasteiger partial charge on any atom is 0.129 e.